The largest absolute Gasteiger partial charge is 0.491 e. The summed E-state index contributed by atoms with van der Waals surface area (Å²) in [5.41, 5.74) is 1.51. The van der Waals surface area contributed by atoms with Crippen molar-refractivity contribution in [2.24, 2.45) is 23.7 Å². The monoisotopic (exact) mass is 861 g/mol. The second-order valence-corrected chi connectivity index (χ2v) is 16.0. The van der Waals surface area contributed by atoms with E-state index < -0.39 is 35.9 Å². The van der Waals surface area contributed by atoms with Crippen molar-refractivity contribution in [2.75, 3.05) is 20.3 Å². The predicted octanol–water partition coefficient (Wildman–Crippen LogP) is 8.70. The molecule has 12 heteroatoms. The van der Waals surface area contributed by atoms with Crippen LogP contribution < -0.4 is 14.8 Å². The van der Waals surface area contributed by atoms with Gasteiger partial charge in [-0.05, 0) is 93.5 Å². The Balaban J connectivity index is 1.46. The lowest BCUT2D eigenvalue weighted by molar-refractivity contribution is -0.154. The number of rotatable bonds is 24. The van der Waals surface area contributed by atoms with Gasteiger partial charge in [0, 0.05) is 54.1 Å². The smallest absolute Gasteiger partial charge is 0.309 e. The average molecular weight is 863 g/mol. The highest BCUT2D eigenvalue weighted by atomic mass is 35.5. The molecule has 0 heterocycles. The molecule has 1 amide bonds. The van der Waals surface area contributed by atoms with Gasteiger partial charge in [-0.15, -0.1) is 0 Å². The second-order valence-electron chi connectivity index (χ2n) is 15.1. The third kappa shape index (κ3) is 16.0. The summed E-state index contributed by atoms with van der Waals surface area (Å²) in [6.45, 7) is 3.55. The maximum absolute atomic E-state index is 13.9. The van der Waals surface area contributed by atoms with Crippen LogP contribution in [0.25, 0.3) is 0 Å². The Morgan fingerprint density at radius 1 is 0.817 bits per heavy atom. The van der Waals surface area contributed by atoms with Crippen LogP contribution in [0.4, 0.5) is 0 Å². The standard InChI is InChI=1S/C48H57Cl2NO9/c1-32(2)60-48(57)43(18-8-4-6-16-41-33(22-26-44(41)54)20-24-37(52)30-58-39-14-10-12-35(49)28-39)42(17-7-5-9-19-46(56)51-3)47-34(23-27-45(47)55)21-25-38(53)31-59-40-15-11-13-36(50)29-40/h4,6-7,10-15,17,20-25,28-29,32,37-38,41-43,47,52-53H,5,8-9,16,18-19,26-27,30-31H2,1-3H3,(H,51,56)/b6-4-,17-7-,24-20+,25-21+/t37-,38-,41-,42?,43?,47+/m1/s1. The molecule has 0 radical (unpaired) electrons. The van der Waals surface area contributed by atoms with E-state index in [0.717, 1.165) is 5.57 Å². The fourth-order valence-corrected chi connectivity index (χ4v) is 7.45. The van der Waals surface area contributed by atoms with Crippen LogP contribution in [0.15, 0.2) is 120 Å². The molecule has 322 valence electrons. The Kier molecular flexibility index (Phi) is 20.1. The molecule has 0 fully saturated rings. The van der Waals surface area contributed by atoms with Crippen LogP contribution in [-0.2, 0) is 23.9 Å². The van der Waals surface area contributed by atoms with E-state index in [9.17, 15) is 29.4 Å². The SMILES string of the molecule is CNC(=O)CCC/C=C\C(C(CC/C=C\C[C@H]1C(=O)CC=C1/C=C/[C@@H](O)COc1cccc(Cl)c1)C(=O)OC(C)C)[C@H]1C(=O)CC=C1/C=C/[C@@H](O)COc1cccc(Cl)c1. The van der Waals surface area contributed by atoms with Gasteiger partial charge >= 0.3 is 5.97 Å². The molecule has 0 saturated carbocycles. The lowest BCUT2D eigenvalue weighted by atomic mass is 9.75. The molecule has 2 aliphatic carbocycles. The van der Waals surface area contributed by atoms with Gasteiger partial charge < -0.3 is 29.7 Å². The summed E-state index contributed by atoms with van der Waals surface area (Å²) in [6.07, 6.45) is 19.1. The third-order valence-corrected chi connectivity index (χ3v) is 10.6. The molecule has 60 heavy (non-hydrogen) atoms. The summed E-state index contributed by atoms with van der Waals surface area (Å²) in [7, 11) is 1.59. The van der Waals surface area contributed by atoms with Gasteiger partial charge in [0.05, 0.1) is 12.0 Å². The maximum Gasteiger partial charge on any atom is 0.309 e. The Labute approximate surface area is 363 Å². The zero-order chi connectivity index (χ0) is 43.4. The minimum atomic E-state index is -0.983. The number of ether oxygens (including phenoxy) is 3. The lowest BCUT2D eigenvalue weighted by Gasteiger charge is -2.29. The number of aliphatic hydroxyl groups excluding tert-OH is 2. The predicted molar refractivity (Wildman–Crippen MR) is 235 cm³/mol. The van der Waals surface area contributed by atoms with Crippen LogP contribution in [0, 0.1) is 23.7 Å². The maximum atomic E-state index is 13.9. The van der Waals surface area contributed by atoms with Gasteiger partial charge in [0.2, 0.25) is 5.91 Å². The second kappa shape index (κ2) is 25.1. The van der Waals surface area contributed by atoms with Crippen molar-refractivity contribution in [3.8, 4) is 11.5 Å². The summed E-state index contributed by atoms with van der Waals surface area (Å²) in [4.78, 5) is 52.3. The summed E-state index contributed by atoms with van der Waals surface area (Å²) in [6, 6.07) is 13.8. The molecule has 0 saturated heterocycles. The van der Waals surface area contributed by atoms with Crippen molar-refractivity contribution in [1.29, 1.82) is 0 Å². The summed E-state index contributed by atoms with van der Waals surface area (Å²) in [5, 5.41) is 24.9. The zero-order valence-corrected chi connectivity index (χ0v) is 36.0. The average Bonchev–Trinajstić information content (AvgIpc) is 3.77. The van der Waals surface area contributed by atoms with Crippen molar-refractivity contribution in [2.45, 2.75) is 83.5 Å². The number of allylic oxidation sites excluding steroid dienone is 10. The first-order valence-electron chi connectivity index (χ1n) is 20.5. The summed E-state index contributed by atoms with van der Waals surface area (Å²) in [5.74, 6) is -1.71. The van der Waals surface area contributed by atoms with E-state index in [1.807, 2.05) is 36.5 Å². The molecule has 6 atom stereocenters. The molecular weight excluding hydrogens is 805 g/mol. The number of nitrogens with one attached hydrogen (secondary N) is 1. The van der Waals surface area contributed by atoms with E-state index in [1.165, 1.54) is 0 Å². The molecule has 0 aliphatic heterocycles. The zero-order valence-electron chi connectivity index (χ0n) is 34.5. The number of esters is 1. The van der Waals surface area contributed by atoms with Gasteiger partial charge in [-0.2, -0.15) is 0 Å². The number of halogens is 2. The van der Waals surface area contributed by atoms with E-state index in [-0.39, 0.29) is 49.1 Å². The molecule has 4 rings (SSSR count). The van der Waals surface area contributed by atoms with Crippen LogP contribution in [0.2, 0.25) is 10.0 Å². The first kappa shape index (κ1) is 47.9. The number of carbonyl (C=O) groups excluding carboxylic acids is 4. The van der Waals surface area contributed by atoms with Crippen molar-refractivity contribution < 1.29 is 43.6 Å². The van der Waals surface area contributed by atoms with Crippen LogP contribution in [-0.4, -0.2) is 72.2 Å². The molecule has 2 aromatic rings. The molecule has 10 nitrogen and oxygen atoms in total. The van der Waals surface area contributed by atoms with Crippen LogP contribution in [0.3, 0.4) is 0 Å². The molecule has 0 spiro atoms. The van der Waals surface area contributed by atoms with E-state index in [0.29, 0.717) is 72.1 Å². The molecule has 0 aromatic heterocycles. The Morgan fingerprint density at radius 3 is 2.02 bits per heavy atom. The molecule has 2 aromatic carbocycles. The summed E-state index contributed by atoms with van der Waals surface area (Å²) >= 11 is 12.1. The number of ketones is 2. The van der Waals surface area contributed by atoms with Crippen molar-refractivity contribution in [1.82, 2.24) is 5.32 Å². The highest BCUT2D eigenvalue weighted by Crippen LogP contribution is 2.39. The number of hydrogen-bond acceptors (Lipinski definition) is 9. The normalized spacial score (nSPS) is 19.0. The first-order chi connectivity index (χ1) is 28.8. The minimum absolute atomic E-state index is 0.0248. The van der Waals surface area contributed by atoms with Gasteiger partial charge in [0.1, 0.15) is 48.5 Å². The van der Waals surface area contributed by atoms with Crippen molar-refractivity contribution >= 4 is 46.6 Å². The Hall–Kier alpha value is -4.74. The topological polar surface area (TPSA) is 148 Å². The molecular formula is C48H57Cl2NO9. The number of carbonyl (C=O) groups is 4. The van der Waals surface area contributed by atoms with E-state index >= 15 is 0 Å². The molecule has 2 unspecified atom stereocenters. The number of Topliss-reactive ketones (excluding diaryl/α,β-unsaturated/α-hetero) is 2. The number of benzene rings is 2. The minimum Gasteiger partial charge on any atom is -0.491 e. The lowest BCUT2D eigenvalue weighted by Crippen LogP contribution is -2.34. The molecule has 0 bridgehead atoms. The number of hydrogen-bond donors (Lipinski definition) is 3. The van der Waals surface area contributed by atoms with Gasteiger partial charge in [0.25, 0.3) is 0 Å². The summed E-state index contributed by atoms with van der Waals surface area (Å²) < 4.78 is 17.1. The number of aliphatic hydroxyl groups is 2. The molecule has 3 N–H and O–H groups in total. The fraction of sp³-hybridized carbons (Fsp3) is 0.417. The third-order valence-electron chi connectivity index (χ3n) is 10.1. The highest BCUT2D eigenvalue weighted by Gasteiger charge is 2.40. The van der Waals surface area contributed by atoms with Crippen LogP contribution >= 0.6 is 23.2 Å². The fourth-order valence-electron chi connectivity index (χ4n) is 7.09. The Morgan fingerprint density at radius 2 is 1.42 bits per heavy atom. The van der Waals surface area contributed by atoms with Gasteiger partial charge in [-0.25, -0.2) is 0 Å². The quantitative estimate of drug-likeness (QED) is 0.0536. The number of unbranched alkanes of at least 4 members (excludes halogenated alkanes) is 1. The van der Waals surface area contributed by atoms with Crippen LogP contribution in [0.5, 0.6) is 11.5 Å². The Bertz CT molecular complexity index is 1950. The van der Waals surface area contributed by atoms with E-state index in [1.54, 1.807) is 93.7 Å². The van der Waals surface area contributed by atoms with E-state index in [4.69, 9.17) is 37.4 Å². The van der Waals surface area contributed by atoms with Crippen molar-refractivity contribution in [3.63, 3.8) is 0 Å². The highest BCUT2D eigenvalue weighted by molar-refractivity contribution is 6.31. The van der Waals surface area contributed by atoms with Gasteiger partial charge in [0.15, 0.2) is 0 Å². The van der Waals surface area contributed by atoms with Crippen molar-refractivity contribution in [3.05, 3.63) is 130 Å². The van der Waals surface area contributed by atoms with Gasteiger partial charge in [-0.3, -0.25) is 19.2 Å². The number of amides is 1. The van der Waals surface area contributed by atoms with Gasteiger partial charge in [-0.1, -0.05) is 96.1 Å². The van der Waals surface area contributed by atoms with E-state index in [2.05, 4.69) is 5.32 Å². The molecule has 2 aliphatic rings. The van der Waals surface area contributed by atoms with Crippen LogP contribution in [0.1, 0.15) is 65.2 Å². The first-order valence-corrected chi connectivity index (χ1v) is 21.3.